The summed E-state index contributed by atoms with van der Waals surface area (Å²) in [5, 5.41) is 0. The minimum atomic E-state index is -0.786. The lowest BCUT2D eigenvalue weighted by atomic mass is 10.4. The van der Waals surface area contributed by atoms with Crippen LogP contribution in [-0.4, -0.2) is 50.3 Å². The van der Waals surface area contributed by atoms with Gasteiger partial charge in [-0.3, -0.25) is 9.59 Å². The van der Waals surface area contributed by atoms with E-state index in [1.165, 1.54) is 0 Å². The van der Waals surface area contributed by atoms with Gasteiger partial charge in [-0.15, -0.1) is 0 Å². The highest BCUT2D eigenvalue weighted by molar-refractivity contribution is 5.91. The zero-order valence-electron chi connectivity index (χ0n) is 12.7. The van der Waals surface area contributed by atoms with Gasteiger partial charge in [0.1, 0.15) is 13.2 Å². The first kappa shape index (κ1) is 19.6. The second-order valence-corrected chi connectivity index (χ2v) is 3.78. The number of esters is 4. The molecule has 8 nitrogen and oxygen atoms in total. The molecule has 0 aliphatic carbocycles. The zero-order valence-corrected chi connectivity index (χ0v) is 12.7. The summed E-state index contributed by atoms with van der Waals surface area (Å²) in [4.78, 5) is 44.4. The molecule has 0 aliphatic rings. The van der Waals surface area contributed by atoms with Gasteiger partial charge in [-0.1, -0.05) is 0 Å². The van der Waals surface area contributed by atoms with Crippen molar-refractivity contribution in [3.8, 4) is 0 Å². The van der Waals surface area contributed by atoms with E-state index >= 15 is 0 Å². The molecule has 0 saturated carbocycles. The van der Waals surface area contributed by atoms with Gasteiger partial charge in [0.05, 0.1) is 26.1 Å². The molecule has 0 aromatic rings. The van der Waals surface area contributed by atoms with E-state index in [1.807, 2.05) is 0 Å². The van der Waals surface area contributed by atoms with Crippen LogP contribution in [0.15, 0.2) is 12.2 Å². The predicted molar refractivity (Wildman–Crippen MR) is 73.6 cm³/mol. The Morgan fingerprint density at radius 1 is 0.682 bits per heavy atom. The third kappa shape index (κ3) is 11.4. The lowest BCUT2D eigenvalue weighted by Gasteiger charge is -2.03. The lowest BCUT2D eigenvalue weighted by Crippen LogP contribution is -2.12. The molecule has 0 aromatic heterocycles. The molecule has 8 heteroatoms. The summed E-state index contributed by atoms with van der Waals surface area (Å²) in [6, 6.07) is 0. The highest BCUT2D eigenvalue weighted by Gasteiger charge is 2.06. The lowest BCUT2D eigenvalue weighted by molar-refractivity contribution is -0.149. The van der Waals surface area contributed by atoms with E-state index in [4.69, 9.17) is 0 Å². The Labute approximate surface area is 128 Å². The smallest absolute Gasteiger partial charge is 0.331 e. The quantitative estimate of drug-likeness (QED) is 0.326. The van der Waals surface area contributed by atoms with Crippen molar-refractivity contribution in [2.45, 2.75) is 26.7 Å². The van der Waals surface area contributed by atoms with Gasteiger partial charge in [-0.25, -0.2) is 9.59 Å². The fraction of sp³-hybridized carbons (Fsp3) is 0.571. The highest BCUT2D eigenvalue weighted by Crippen LogP contribution is 1.92. The molecule has 0 unspecified atom stereocenters. The average Bonchev–Trinajstić information content (AvgIpc) is 2.45. The van der Waals surface area contributed by atoms with Gasteiger partial charge < -0.3 is 18.9 Å². The van der Waals surface area contributed by atoms with Crippen LogP contribution in [0.1, 0.15) is 26.7 Å². The van der Waals surface area contributed by atoms with Gasteiger partial charge in [-0.05, 0) is 13.8 Å². The molecule has 124 valence electrons. The maximum absolute atomic E-state index is 11.2. The largest absolute Gasteiger partial charge is 0.466 e. The SMILES string of the molecule is CCOC(=O)CCOC(=O)/C=C\C(=O)OCCC(=O)OCC. The minimum absolute atomic E-state index is 0.0581. The predicted octanol–water partition coefficient (Wildman–Crippen LogP) is 0.535. The Bertz CT molecular complexity index is 375. The molecule has 0 aliphatic heterocycles. The second-order valence-electron chi connectivity index (χ2n) is 3.78. The molecule has 0 spiro atoms. The van der Waals surface area contributed by atoms with Crippen LogP contribution in [-0.2, 0) is 38.1 Å². The molecule has 0 fully saturated rings. The van der Waals surface area contributed by atoms with Crippen molar-refractivity contribution < 1.29 is 38.1 Å². The maximum Gasteiger partial charge on any atom is 0.331 e. The molecule has 22 heavy (non-hydrogen) atoms. The first-order valence-electron chi connectivity index (χ1n) is 6.82. The second kappa shape index (κ2) is 12.4. The molecule has 0 heterocycles. The van der Waals surface area contributed by atoms with E-state index in [0.29, 0.717) is 0 Å². The zero-order chi connectivity index (χ0) is 16.8. The van der Waals surface area contributed by atoms with Gasteiger partial charge in [0.2, 0.25) is 0 Å². The average molecular weight is 316 g/mol. The van der Waals surface area contributed by atoms with Crippen LogP contribution in [0.5, 0.6) is 0 Å². The van der Waals surface area contributed by atoms with Crippen molar-refractivity contribution in [2.24, 2.45) is 0 Å². The van der Waals surface area contributed by atoms with E-state index in [1.54, 1.807) is 13.8 Å². The van der Waals surface area contributed by atoms with Crippen molar-refractivity contribution in [1.82, 2.24) is 0 Å². The Morgan fingerprint density at radius 2 is 1.05 bits per heavy atom. The molecule has 0 bridgehead atoms. The van der Waals surface area contributed by atoms with Gasteiger partial charge >= 0.3 is 23.9 Å². The van der Waals surface area contributed by atoms with Crippen LogP contribution < -0.4 is 0 Å². The maximum atomic E-state index is 11.2. The topological polar surface area (TPSA) is 105 Å². The van der Waals surface area contributed by atoms with Crippen molar-refractivity contribution >= 4 is 23.9 Å². The number of ether oxygens (including phenoxy) is 4. The van der Waals surface area contributed by atoms with Gasteiger partial charge in [-0.2, -0.15) is 0 Å². The third-order valence-corrected chi connectivity index (χ3v) is 2.07. The Balaban J connectivity index is 3.80. The first-order chi connectivity index (χ1) is 10.5. The minimum Gasteiger partial charge on any atom is -0.466 e. The number of carbonyl (C=O) groups is 4. The number of hydrogen-bond acceptors (Lipinski definition) is 8. The van der Waals surface area contributed by atoms with Crippen molar-refractivity contribution in [1.29, 1.82) is 0 Å². The number of carbonyl (C=O) groups excluding carboxylic acids is 4. The third-order valence-electron chi connectivity index (χ3n) is 2.07. The summed E-state index contributed by atoms with van der Waals surface area (Å²) in [6.45, 7) is 3.56. The molecular formula is C14H20O8. The number of rotatable bonds is 10. The van der Waals surface area contributed by atoms with Gasteiger partial charge in [0.25, 0.3) is 0 Å². The normalized spacial score (nSPS) is 10.1. The Hall–Kier alpha value is -2.38. The van der Waals surface area contributed by atoms with Crippen LogP contribution >= 0.6 is 0 Å². The number of hydrogen-bond donors (Lipinski definition) is 0. The fourth-order valence-corrected chi connectivity index (χ4v) is 1.17. The van der Waals surface area contributed by atoms with Crippen LogP contribution in [0.2, 0.25) is 0 Å². The molecule has 0 radical (unpaired) electrons. The Morgan fingerprint density at radius 3 is 1.36 bits per heavy atom. The molecule has 0 rings (SSSR count). The van der Waals surface area contributed by atoms with Crippen LogP contribution in [0.25, 0.3) is 0 Å². The summed E-state index contributed by atoms with van der Waals surface area (Å²) < 4.78 is 18.6. The molecule has 0 saturated heterocycles. The van der Waals surface area contributed by atoms with Gasteiger partial charge in [0, 0.05) is 12.2 Å². The van der Waals surface area contributed by atoms with E-state index < -0.39 is 23.9 Å². The Kier molecular flexibility index (Phi) is 11.0. The molecular weight excluding hydrogens is 296 g/mol. The van der Waals surface area contributed by atoms with Crippen molar-refractivity contribution in [3.05, 3.63) is 12.2 Å². The molecule has 0 amide bonds. The van der Waals surface area contributed by atoms with Crippen LogP contribution in [0.3, 0.4) is 0 Å². The van der Waals surface area contributed by atoms with Crippen LogP contribution in [0.4, 0.5) is 0 Å². The molecule has 0 aromatic carbocycles. The monoisotopic (exact) mass is 316 g/mol. The molecule has 0 N–H and O–H groups in total. The van der Waals surface area contributed by atoms with E-state index in [2.05, 4.69) is 18.9 Å². The van der Waals surface area contributed by atoms with Crippen LogP contribution in [0, 0.1) is 0 Å². The summed E-state index contributed by atoms with van der Waals surface area (Å²) >= 11 is 0. The standard InChI is InChI=1S/C14H20O8/c1-3-19-13(17)7-9-21-11(15)5-6-12(16)22-10-8-14(18)20-4-2/h5-6H,3-4,7-10H2,1-2H3/b6-5-. The fourth-order valence-electron chi connectivity index (χ4n) is 1.17. The van der Waals surface area contributed by atoms with E-state index in [9.17, 15) is 19.2 Å². The van der Waals surface area contributed by atoms with Crippen molar-refractivity contribution in [2.75, 3.05) is 26.4 Å². The van der Waals surface area contributed by atoms with Gasteiger partial charge in [0.15, 0.2) is 0 Å². The van der Waals surface area contributed by atoms with E-state index in [-0.39, 0.29) is 39.3 Å². The highest BCUT2D eigenvalue weighted by atomic mass is 16.6. The molecule has 0 atom stereocenters. The summed E-state index contributed by atoms with van der Waals surface area (Å²) in [5.41, 5.74) is 0. The summed E-state index contributed by atoms with van der Waals surface area (Å²) in [5.74, 6) is -2.52. The summed E-state index contributed by atoms with van der Waals surface area (Å²) in [6.07, 6.45) is 1.63. The van der Waals surface area contributed by atoms with Crippen molar-refractivity contribution in [3.63, 3.8) is 0 Å². The first-order valence-corrected chi connectivity index (χ1v) is 6.82. The summed E-state index contributed by atoms with van der Waals surface area (Å²) in [7, 11) is 0. The van der Waals surface area contributed by atoms with E-state index in [0.717, 1.165) is 12.2 Å².